The molecule has 1 fully saturated rings. The van der Waals surface area contributed by atoms with Gasteiger partial charge in [-0.1, -0.05) is 13.8 Å². The van der Waals surface area contributed by atoms with Crippen LogP contribution in [0.5, 0.6) is 0 Å². The fourth-order valence-electron chi connectivity index (χ4n) is 1.99. The van der Waals surface area contributed by atoms with Crippen molar-refractivity contribution in [2.75, 3.05) is 13.2 Å². The molecule has 0 N–H and O–H groups in total. The largest absolute Gasteiger partial charge is 0.380 e. The van der Waals surface area contributed by atoms with E-state index >= 15 is 0 Å². The highest BCUT2D eigenvalue weighted by Gasteiger charge is 2.38. The van der Waals surface area contributed by atoms with E-state index in [2.05, 4.69) is 13.8 Å². The first-order chi connectivity index (χ1) is 5.68. The van der Waals surface area contributed by atoms with Crippen LogP contribution in [-0.4, -0.2) is 19.5 Å². The lowest BCUT2D eigenvalue weighted by atomic mass is 9.75. The quantitative estimate of drug-likeness (QED) is 0.590. The smallest absolute Gasteiger partial charge is 0.120 e. The number of carbonyl (C=O) groups is 1. The van der Waals surface area contributed by atoms with Crippen molar-refractivity contribution in [2.45, 2.75) is 33.1 Å². The van der Waals surface area contributed by atoms with Crippen LogP contribution in [0.15, 0.2) is 0 Å². The van der Waals surface area contributed by atoms with E-state index in [9.17, 15) is 4.79 Å². The molecule has 1 aliphatic heterocycles. The molecule has 0 unspecified atom stereocenters. The summed E-state index contributed by atoms with van der Waals surface area (Å²) in [5.74, 6) is 0.709. The zero-order valence-electron chi connectivity index (χ0n) is 8.01. The maximum atomic E-state index is 10.2. The molecular formula is C10H18O2. The molecule has 2 heteroatoms. The maximum absolute atomic E-state index is 10.2. The minimum atomic E-state index is 0.342. The highest BCUT2D eigenvalue weighted by Crippen LogP contribution is 2.38. The van der Waals surface area contributed by atoms with Crippen molar-refractivity contribution >= 4 is 6.29 Å². The van der Waals surface area contributed by atoms with Crippen molar-refractivity contribution < 1.29 is 9.53 Å². The molecule has 70 valence electrons. The average molecular weight is 170 g/mol. The molecule has 0 aromatic carbocycles. The number of hydrogen-bond acceptors (Lipinski definition) is 2. The Labute approximate surface area is 74.3 Å². The molecule has 1 saturated heterocycles. The summed E-state index contributed by atoms with van der Waals surface area (Å²) in [5.41, 5.74) is 0.342. The summed E-state index contributed by atoms with van der Waals surface area (Å²) in [5, 5.41) is 0. The van der Waals surface area contributed by atoms with Crippen LogP contribution in [0.4, 0.5) is 0 Å². The Hall–Kier alpha value is -0.370. The summed E-state index contributed by atoms with van der Waals surface area (Å²) >= 11 is 0. The van der Waals surface area contributed by atoms with Crippen molar-refractivity contribution in [3.05, 3.63) is 0 Å². The molecule has 0 aromatic rings. The normalized spacial score (nSPS) is 20.6. The lowest BCUT2D eigenvalue weighted by molar-refractivity contribution is -0.131. The topological polar surface area (TPSA) is 26.3 Å². The Bertz CT molecular complexity index is 148. The predicted molar refractivity (Wildman–Crippen MR) is 48.0 cm³/mol. The summed E-state index contributed by atoms with van der Waals surface area (Å²) in [6, 6.07) is 0. The molecule has 0 amide bonds. The highest BCUT2D eigenvalue weighted by atomic mass is 16.5. The molecule has 0 spiro atoms. The van der Waals surface area contributed by atoms with Crippen LogP contribution in [-0.2, 0) is 9.53 Å². The first kappa shape index (κ1) is 9.72. The van der Waals surface area contributed by atoms with Gasteiger partial charge in [0.15, 0.2) is 0 Å². The molecule has 2 nitrogen and oxygen atoms in total. The summed E-state index contributed by atoms with van der Waals surface area (Å²) in [7, 11) is 0. The standard InChI is InChI=1S/C10H18O2/c1-9(2)6-10(4-3-5-11)7-12-8-10/h5,9H,3-4,6-8H2,1-2H3. The Balaban J connectivity index is 2.34. The monoisotopic (exact) mass is 170 g/mol. The molecule has 0 aliphatic carbocycles. The van der Waals surface area contributed by atoms with E-state index in [4.69, 9.17) is 4.74 Å². The minimum Gasteiger partial charge on any atom is -0.380 e. The predicted octanol–water partition coefficient (Wildman–Crippen LogP) is 2.03. The summed E-state index contributed by atoms with van der Waals surface area (Å²) in [4.78, 5) is 10.2. The molecule has 0 radical (unpaired) electrons. The van der Waals surface area contributed by atoms with Gasteiger partial charge in [-0.25, -0.2) is 0 Å². The van der Waals surface area contributed by atoms with E-state index in [1.54, 1.807) is 0 Å². The van der Waals surface area contributed by atoms with Crippen molar-refractivity contribution in [3.8, 4) is 0 Å². The lowest BCUT2D eigenvalue weighted by Crippen LogP contribution is -2.43. The van der Waals surface area contributed by atoms with E-state index in [1.807, 2.05) is 0 Å². The minimum absolute atomic E-state index is 0.342. The van der Waals surface area contributed by atoms with Gasteiger partial charge in [0.05, 0.1) is 13.2 Å². The number of rotatable bonds is 5. The Morgan fingerprint density at radius 1 is 1.50 bits per heavy atom. The molecule has 1 rings (SSSR count). The molecule has 12 heavy (non-hydrogen) atoms. The van der Waals surface area contributed by atoms with Crippen molar-refractivity contribution in [2.24, 2.45) is 11.3 Å². The van der Waals surface area contributed by atoms with Gasteiger partial charge in [0, 0.05) is 11.8 Å². The molecule has 1 heterocycles. The van der Waals surface area contributed by atoms with Gasteiger partial charge in [-0.2, -0.15) is 0 Å². The van der Waals surface area contributed by atoms with Gasteiger partial charge >= 0.3 is 0 Å². The van der Waals surface area contributed by atoms with Gasteiger partial charge < -0.3 is 9.53 Å². The van der Waals surface area contributed by atoms with Crippen molar-refractivity contribution in [1.82, 2.24) is 0 Å². The SMILES string of the molecule is CC(C)CC1(CCC=O)COC1. The Kier molecular flexibility index (Phi) is 3.27. The first-order valence-corrected chi connectivity index (χ1v) is 4.70. The highest BCUT2D eigenvalue weighted by molar-refractivity contribution is 5.49. The van der Waals surface area contributed by atoms with Crippen LogP contribution < -0.4 is 0 Å². The zero-order chi connectivity index (χ0) is 9.03. The van der Waals surface area contributed by atoms with E-state index in [1.165, 1.54) is 6.42 Å². The number of aldehydes is 1. The van der Waals surface area contributed by atoms with Crippen LogP contribution in [0.3, 0.4) is 0 Å². The fourth-order valence-corrected chi connectivity index (χ4v) is 1.99. The second-order valence-electron chi connectivity index (χ2n) is 4.30. The molecule has 0 bridgehead atoms. The summed E-state index contributed by atoms with van der Waals surface area (Å²) in [6.07, 6.45) is 3.91. The molecule has 0 aromatic heterocycles. The van der Waals surface area contributed by atoms with Crippen LogP contribution >= 0.6 is 0 Å². The van der Waals surface area contributed by atoms with Gasteiger partial charge in [-0.3, -0.25) is 0 Å². The Morgan fingerprint density at radius 3 is 2.50 bits per heavy atom. The zero-order valence-corrected chi connectivity index (χ0v) is 8.01. The molecule has 1 aliphatic rings. The van der Waals surface area contributed by atoms with Crippen LogP contribution in [0.2, 0.25) is 0 Å². The lowest BCUT2D eigenvalue weighted by Gasteiger charge is -2.42. The van der Waals surface area contributed by atoms with Gasteiger partial charge in [0.1, 0.15) is 6.29 Å². The number of hydrogen-bond donors (Lipinski definition) is 0. The third-order valence-electron chi connectivity index (χ3n) is 2.45. The second kappa shape index (κ2) is 4.04. The molecule has 0 atom stereocenters. The summed E-state index contributed by atoms with van der Waals surface area (Å²) < 4.78 is 5.22. The van der Waals surface area contributed by atoms with Gasteiger partial charge in [-0.15, -0.1) is 0 Å². The average Bonchev–Trinajstić information content (AvgIpc) is 1.94. The second-order valence-corrected chi connectivity index (χ2v) is 4.30. The van der Waals surface area contributed by atoms with Gasteiger partial charge in [-0.05, 0) is 18.8 Å². The fraction of sp³-hybridized carbons (Fsp3) is 0.900. The van der Waals surface area contributed by atoms with E-state index in [-0.39, 0.29) is 0 Å². The van der Waals surface area contributed by atoms with Gasteiger partial charge in [0.2, 0.25) is 0 Å². The van der Waals surface area contributed by atoms with Crippen LogP contribution in [0.1, 0.15) is 33.1 Å². The van der Waals surface area contributed by atoms with Crippen molar-refractivity contribution in [1.29, 1.82) is 0 Å². The van der Waals surface area contributed by atoms with E-state index < -0.39 is 0 Å². The molecule has 0 saturated carbocycles. The van der Waals surface area contributed by atoms with E-state index in [0.29, 0.717) is 17.8 Å². The van der Waals surface area contributed by atoms with Crippen molar-refractivity contribution in [3.63, 3.8) is 0 Å². The first-order valence-electron chi connectivity index (χ1n) is 4.70. The van der Waals surface area contributed by atoms with Gasteiger partial charge in [0.25, 0.3) is 0 Å². The maximum Gasteiger partial charge on any atom is 0.120 e. The third kappa shape index (κ3) is 2.31. The van der Waals surface area contributed by atoms with Crippen LogP contribution in [0.25, 0.3) is 0 Å². The van der Waals surface area contributed by atoms with E-state index in [0.717, 1.165) is 25.9 Å². The third-order valence-corrected chi connectivity index (χ3v) is 2.45. The molecular weight excluding hydrogens is 152 g/mol. The number of carbonyl (C=O) groups excluding carboxylic acids is 1. The summed E-state index contributed by atoms with van der Waals surface area (Å²) in [6.45, 7) is 6.17. The number of ether oxygens (including phenoxy) is 1. The van der Waals surface area contributed by atoms with Crippen LogP contribution in [0, 0.1) is 11.3 Å². The Morgan fingerprint density at radius 2 is 2.17 bits per heavy atom.